The van der Waals surface area contributed by atoms with Crippen LogP contribution in [0.25, 0.3) is 11.0 Å². The Hall–Kier alpha value is -0.860. The Labute approximate surface area is 150 Å². The normalized spacial score (nSPS) is 23.0. The Morgan fingerprint density at radius 2 is 2.04 bits per heavy atom. The van der Waals surface area contributed by atoms with Crippen molar-refractivity contribution in [2.45, 2.75) is 43.4 Å². The Balaban J connectivity index is 2.04. The summed E-state index contributed by atoms with van der Waals surface area (Å²) in [6.45, 7) is 5.30. The van der Waals surface area contributed by atoms with Crippen LogP contribution in [0.3, 0.4) is 0 Å². The smallest absolute Gasteiger partial charge is 0.185 e. The summed E-state index contributed by atoms with van der Waals surface area (Å²) in [5.41, 5.74) is 0.0898. The summed E-state index contributed by atoms with van der Waals surface area (Å²) in [7, 11) is -1.98. The number of fused-ring (bicyclic) bond motifs is 1. The van der Waals surface area contributed by atoms with E-state index in [-0.39, 0.29) is 0 Å². The van der Waals surface area contributed by atoms with Crippen molar-refractivity contribution >= 4 is 44.0 Å². The molecule has 2 heterocycles. The van der Waals surface area contributed by atoms with Crippen LogP contribution in [0.5, 0.6) is 0 Å². The van der Waals surface area contributed by atoms with Crippen molar-refractivity contribution in [2.75, 3.05) is 7.05 Å². The summed E-state index contributed by atoms with van der Waals surface area (Å²) in [6, 6.07) is 3.14. The van der Waals surface area contributed by atoms with E-state index in [1.807, 2.05) is 13.8 Å². The van der Waals surface area contributed by atoms with Gasteiger partial charge in [0.05, 0.1) is 10.6 Å². The zero-order chi connectivity index (χ0) is 17.9. The number of hydrogen-bond acceptors (Lipinski definition) is 6. The second kappa shape index (κ2) is 5.85. The average Bonchev–Trinajstić information content (AvgIpc) is 2.98. The SMILES string of the molecule is CC(c1noc2c(Cl)cc(Cl)cc12)S(=O)(=O)C1CC(C)(C)ON1C. The highest BCUT2D eigenvalue weighted by Crippen LogP contribution is 2.40. The minimum Gasteiger partial charge on any atom is -0.354 e. The molecule has 0 aliphatic carbocycles. The maximum Gasteiger partial charge on any atom is 0.185 e. The Morgan fingerprint density at radius 1 is 1.38 bits per heavy atom. The molecule has 0 saturated carbocycles. The van der Waals surface area contributed by atoms with E-state index in [1.54, 1.807) is 20.0 Å². The topological polar surface area (TPSA) is 72.6 Å². The Morgan fingerprint density at radius 3 is 2.62 bits per heavy atom. The average molecular weight is 393 g/mol. The van der Waals surface area contributed by atoms with Gasteiger partial charge in [0.25, 0.3) is 0 Å². The number of hydroxylamine groups is 2. The third-order valence-corrected chi connectivity index (χ3v) is 7.17. The van der Waals surface area contributed by atoms with Crippen LogP contribution in [-0.2, 0) is 14.7 Å². The molecule has 0 radical (unpaired) electrons. The fourth-order valence-electron chi connectivity index (χ4n) is 3.03. The van der Waals surface area contributed by atoms with Crippen molar-refractivity contribution in [2.24, 2.45) is 0 Å². The van der Waals surface area contributed by atoms with E-state index in [4.69, 9.17) is 32.6 Å². The van der Waals surface area contributed by atoms with Gasteiger partial charge < -0.3 is 4.52 Å². The molecule has 24 heavy (non-hydrogen) atoms. The summed E-state index contributed by atoms with van der Waals surface area (Å²) < 4.78 is 31.4. The molecule has 1 fully saturated rings. The van der Waals surface area contributed by atoms with Crippen LogP contribution in [0.2, 0.25) is 10.0 Å². The fraction of sp³-hybridized carbons (Fsp3) is 0.533. The number of halogens is 2. The van der Waals surface area contributed by atoms with Gasteiger partial charge in [-0.05, 0) is 32.9 Å². The third-order valence-electron chi connectivity index (χ3n) is 4.24. The minimum absolute atomic E-state index is 0.295. The van der Waals surface area contributed by atoms with Crippen molar-refractivity contribution in [3.63, 3.8) is 0 Å². The zero-order valence-electron chi connectivity index (χ0n) is 13.7. The van der Waals surface area contributed by atoms with Gasteiger partial charge in [-0.1, -0.05) is 28.4 Å². The number of sulfone groups is 1. The highest BCUT2D eigenvalue weighted by atomic mass is 35.5. The van der Waals surface area contributed by atoms with Gasteiger partial charge in [-0.2, -0.15) is 5.06 Å². The van der Waals surface area contributed by atoms with E-state index >= 15 is 0 Å². The molecule has 0 bridgehead atoms. The van der Waals surface area contributed by atoms with E-state index in [0.29, 0.717) is 33.1 Å². The summed E-state index contributed by atoms with van der Waals surface area (Å²) in [5, 5.41) is 4.88. The molecule has 3 rings (SSSR count). The van der Waals surface area contributed by atoms with Crippen LogP contribution in [0.15, 0.2) is 16.7 Å². The molecule has 0 spiro atoms. The first-order chi connectivity index (χ1) is 11.0. The standard InChI is InChI=1S/C15H18Cl2N2O4S/c1-8(24(20,21)12-7-15(2,3)23-19(12)4)13-10-5-9(16)6-11(17)14(10)22-18-13/h5-6,8,12H,7H2,1-4H3. The Bertz CT molecular complexity index is 894. The molecule has 0 N–H and O–H groups in total. The van der Waals surface area contributed by atoms with Crippen LogP contribution < -0.4 is 0 Å². The molecule has 2 aromatic rings. The van der Waals surface area contributed by atoms with E-state index < -0.39 is 26.1 Å². The predicted octanol–water partition coefficient (Wildman–Crippen LogP) is 3.98. The molecule has 132 valence electrons. The van der Waals surface area contributed by atoms with Gasteiger partial charge in [0, 0.05) is 23.9 Å². The molecule has 0 amide bonds. The molecule has 1 saturated heterocycles. The van der Waals surface area contributed by atoms with Crippen molar-refractivity contribution in [1.29, 1.82) is 0 Å². The molecule has 6 nitrogen and oxygen atoms in total. The summed E-state index contributed by atoms with van der Waals surface area (Å²) in [5.74, 6) is 0. The Kier molecular flexibility index (Phi) is 4.37. The predicted molar refractivity (Wildman–Crippen MR) is 92.7 cm³/mol. The minimum atomic E-state index is -3.61. The summed E-state index contributed by atoms with van der Waals surface area (Å²) in [4.78, 5) is 5.61. The van der Waals surface area contributed by atoms with Gasteiger partial charge in [0.1, 0.15) is 16.3 Å². The molecular weight excluding hydrogens is 375 g/mol. The van der Waals surface area contributed by atoms with Crippen LogP contribution in [-0.4, -0.2) is 36.7 Å². The maximum absolute atomic E-state index is 13.1. The molecule has 1 aliphatic rings. The molecule has 9 heteroatoms. The monoisotopic (exact) mass is 392 g/mol. The number of aromatic nitrogens is 1. The largest absolute Gasteiger partial charge is 0.354 e. The number of nitrogens with zero attached hydrogens (tertiary/aromatic N) is 2. The van der Waals surface area contributed by atoms with Crippen LogP contribution >= 0.6 is 23.2 Å². The van der Waals surface area contributed by atoms with Gasteiger partial charge in [0.15, 0.2) is 15.4 Å². The lowest BCUT2D eigenvalue weighted by molar-refractivity contribution is -0.168. The second-order valence-electron chi connectivity index (χ2n) is 6.62. The maximum atomic E-state index is 13.1. The van der Waals surface area contributed by atoms with E-state index in [1.165, 1.54) is 11.1 Å². The van der Waals surface area contributed by atoms with Gasteiger partial charge in [-0.25, -0.2) is 8.42 Å². The van der Waals surface area contributed by atoms with Crippen molar-refractivity contribution in [3.05, 3.63) is 27.9 Å². The van der Waals surface area contributed by atoms with Crippen LogP contribution in [0.1, 0.15) is 38.1 Å². The molecule has 2 unspecified atom stereocenters. The number of benzene rings is 1. The number of hydrogen-bond donors (Lipinski definition) is 0. The fourth-order valence-corrected chi connectivity index (χ4v) is 5.60. The van der Waals surface area contributed by atoms with Crippen molar-refractivity contribution in [3.8, 4) is 0 Å². The lowest BCUT2D eigenvalue weighted by atomic mass is 10.1. The summed E-state index contributed by atoms with van der Waals surface area (Å²) in [6.07, 6.45) is 0.369. The van der Waals surface area contributed by atoms with E-state index in [9.17, 15) is 8.42 Å². The third kappa shape index (κ3) is 2.93. The van der Waals surface area contributed by atoms with Gasteiger partial charge in [-0.15, -0.1) is 0 Å². The molecule has 1 aromatic carbocycles. The lowest BCUT2D eigenvalue weighted by Crippen LogP contribution is -2.34. The quantitative estimate of drug-likeness (QED) is 0.786. The van der Waals surface area contributed by atoms with Gasteiger partial charge in [-0.3, -0.25) is 4.84 Å². The first-order valence-electron chi connectivity index (χ1n) is 7.42. The first kappa shape index (κ1) is 17.9. The van der Waals surface area contributed by atoms with Crippen LogP contribution in [0.4, 0.5) is 0 Å². The van der Waals surface area contributed by atoms with Gasteiger partial charge >= 0.3 is 0 Å². The zero-order valence-corrected chi connectivity index (χ0v) is 16.0. The van der Waals surface area contributed by atoms with E-state index in [2.05, 4.69) is 5.16 Å². The van der Waals surface area contributed by atoms with Crippen molar-refractivity contribution < 1.29 is 17.8 Å². The second-order valence-corrected chi connectivity index (χ2v) is 9.89. The lowest BCUT2D eigenvalue weighted by Gasteiger charge is -2.21. The van der Waals surface area contributed by atoms with Crippen LogP contribution in [0, 0.1) is 0 Å². The summed E-state index contributed by atoms with van der Waals surface area (Å²) >= 11 is 12.1. The molecule has 2 atom stereocenters. The molecule has 1 aromatic heterocycles. The molecule has 1 aliphatic heterocycles. The van der Waals surface area contributed by atoms with Gasteiger partial charge in [0.2, 0.25) is 0 Å². The number of rotatable bonds is 3. The van der Waals surface area contributed by atoms with E-state index in [0.717, 1.165) is 0 Å². The first-order valence-corrected chi connectivity index (χ1v) is 9.78. The van der Waals surface area contributed by atoms with Crippen molar-refractivity contribution in [1.82, 2.24) is 10.2 Å². The molecular formula is C15H18Cl2N2O4S. The highest BCUT2D eigenvalue weighted by Gasteiger charge is 2.47. The highest BCUT2D eigenvalue weighted by molar-refractivity contribution is 7.92.